The van der Waals surface area contributed by atoms with Crippen LogP contribution in [0.3, 0.4) is 0 Å². The maximum atomic E-state index is 6.84. The second-order valence-electron chi connectivity index (χ2n) is 23.9. The molecular weight excluding hydrogens is 1320 g/mol. The van der Waals surface area contributed by atoms with Crippen LogP contribution < -0.4 is 0 Å². The fraction of sp³-hybridized carbons (Fsp3) is 0.0233. The second-order valence-corrected chi connectivity index (χ2v) is 26.5. The summed E-state index contributed by atoms with van der Waals surface area (Å²) in [7, 11) is 0. The normalized spacial score (nSPS) is 11.8. The van der Waals surface area contributed by atoms with Gasteiger partial charge in [0.05, 0.1) is 0 Å². The molecule has 16 aromatic carbocycles. The van der Waals surface area contributed by atoms with Crippen molar-refractivity contribution < 1.29 is 13.3 Å². The highest BCUT2D eigenvalue weighted by Crippen LogP contribution is 2.50. The average Bonchev–Trinajstić information content (AvgIpc) is 1.52. The number of furan rings is 3. The highest BCUT2D eigenvalue weighted by molar-refractivity contribution is 9.11. The molecule has 0 radical (unpaired) electrons. The third-order valence-corrected chi connectivity index (χ3v) is 20.3. The Morgan fingerprint density at radius 1 is 0.239 bits per heavy atom. The molecule has 0 fully saturated rings. The highest BCUT2D eigenvalue weighted by atomic mass is 79.9. The zero-order valence-corrected chi connectivity index (χ0v) is 54.8. The average molecular weight is 1370 g/mol. The summed E-state index contributed by atoms with van der Waals surface area (Å²) >= 11 is 10.8. The third-order valence-electron chi connectivity index (χ3n) is 18.4. The molecule has 0 aliphatic carbocycles. The van der Waals surface area contributed by atoms with Crippen molar-refractivity contribution in [3.63, 3.8) is 0 Å². The summed E-state index contributed by atoms with van der Waals surface area (Å²) in [5.74, 6) is 0. The molecule has 0 spiro atoms. The van der Waals surface area contributed by atoms with E-state index in [1.807, 2.05) is 0 Å². The van der Waals surface area contributed by atoms with Gasteiger partial charge in [0.2, 0.25) is 0 Å². The summed E-state index contributed by atoms with van der Waals surface area (Å²) in [6, 6.07) is 101. The lowest BCUT2D eigenvalue weighted by atomic mass is 9.88. The Kier molecular flexibility index (Phi) is 13.8. The number of halogens is 3. The molecule has 0 amide bonds. The molecule has 19 aromatic rings. The first-order chi connectivity index (χ1) is 45.2. The van der Waals surface area contributed by atoms with E-state index in [-0.39, 0.29) is 0 Å². The van der Waals surface area contributed by atoms with E-state index in [4.69, 9.17) is 13.3 Å². The van der Waals surface area contributed by atoms with Crippen molar-refractivity contribution in [3.05, 3.63) is 310 Å². The number of benzene rings is 16. The number of hydrogen-bond donors (Lipinski definition) is 0. The zero-order chi connectivity index (χ0) is 61.7. The Morgan fingerprint density at radius 2 is 0.674 bits per heavy atom. The summed E-state index contributed by atoms with van der Waals surface area (Å²) in [4.78, 5) is 0. The summed E-state index contributed by atoms with van der Waals surface area (Å²) in [5.41, 5.74) is 17.7. The molecule has 0 bridgehead atoms. The van der Waals surface area contributed by atoms with E-state index in [2.05, 4.69) is 347 Å². The SMILES string of the molecule is Brc1ccc(-c2c3ccccc3c(-c3ccccc3)c3c2oc2c4ccccc4ccc23)cc1.Brc1ccc(-c2c3ccccc3cc3c2oc2c4ccccc4ccc32)cc1.Cc1cc(-c2ccc3c(ccc4c5cc6ccccc6cc5oc34)c2)c(C)cc1Br. The van der Waals surface area contributed by atoms with Gasteiger partial charge >= 0.3 is 0 Å². The van der Waals surface area contributed by atoms with Gasteiger partial charge in [-0.15, -0.1) is 0 Å². The van der Waals surface area contributed by atoms with E-state index in [1.165, 1.54) is 98.0 Å². The number of hydrogen-bond acceptors (Lipinski definition) is 3. The van der Waals surface area contributed by atoms with Crippen LogP contribution >= 0.6 is 47.8 Å². The molecule has 0 atom stereocenters. The summed E-state index contributed by atoms with van der Waals surface area (Å²) in [5, 5.41) is 21.3. The van der Waals surface area contributed by atoms with Crippen LogP contribution in [-0.2, 0) is 0 Å². The quantitative estimate of drug-likeness (QED) is 0.176. The van der Waals surface area contributed by atoms with Gasteiger partial charge in [0.25, 0.3) is 0 Å². The fourth-order valence-electron chi connectivity index (χ4n) is 13.9. The molecule has 3 nitrogen and oxygen atoms in total. The smallest absolute Gasteiger partial charge is 0.144 e. The van der Waals surface area contributed by atoms with Gasteiger partial charge in [-0.3, -0.25) is 0 Å². The number of rotatable bonds is 4. The largest absolute Gasteiger partial charge is 0.455 e. The van der Waals surface area contributed by atoms with Gasteiger partial charge in [-0.1, -0.05) is 254 Å². The first-order valence-electron chi connectivity index (χ1n) is 30.8. The predicted molar refractivity (Wildman–Crippen MR) is 401 cm³/mol. The van der Waals surface area contributed by atoms with Gasteiger partial charge in [-0.05, 0) is 180 Å². The Balaban J connectivity index is 0.000000106. The zero-order valence-electron chi connectivity index (χ0n) is 50.0. The fourth-order valence-corrected chi connectivity index (χ4v) is 14.9. The summed E-state index contributed by atoms with van der Waals surface area (Å²) in [6.07, 6.45) is 0. The molecule has 6 heteroatoms. The molecule has 0 saturated carbocycles. The maximum Gasteiger partial charge on any atom is 0.144 e. The van der Waals surface area contributed by atoms with E-state index in [9.17, 15) is 0 Å². The molecule has 19 rings (SSSR count). The van der Waals surface area contributed by atoms with Crippen molar-refractivity contribution in [2.45, 2.75) is 13.8 Å². The summed E-state index contributed by atoms with van der Waals surface area (Å²) in [6.45, 7) is 4.30. The Hall–Kier alpha value is -10.1. The van der Waals surface area contributed by atoms with E-state index in [0.717, 1.165) is 101 Å². The monoisotopic (exact) mass is 1370 g/mol. The maximum absolute atomic E-state index is 6.84. The number of aryl methyl sites for hydroxylation is 2. The Bertz CT molecular complexity index is 6170. The van der Waals surface area contributed by atoms with E-state index in [0.29, 0.717) is 0 Å². The van der Waals surface area contributed by atoms with Crippen molar-refractivity contribution in [2.75, 3.05) is 0 Å². The van der Waals surface area contributed by atoms with Crippen molar-refractivity contribution in [3.8, 4) is 44.5 Å². The van der Waals surface area contributed by atoms with Crippen LogP contribution in [0.5, 0.6) is 0 Å². The lowest BCUT2D eigenvalue weighted by Gasteiger charge is -2.14. The first kappa shape index (κ1) is 55.9. The van der Waals surface area contributed by atoms with Crippen LogP contribution in [0.4, 0.5) is 0 Å². The number of fused-ring (bicyclic) bond motifs is 18. The lowest BCUT2D eigenvalue weighted by molar-refractivity contribution is 0.673. The van der Waals surface area contributed by atoms with Gasteiger partial charge in [0.1, 0.15) is 33.5 Å². The van der Waals surface area contributed by atoms with E-state index in [1.54, 1.807) is 0 Å². The molecule has 0 N–H and O–H groups in total. The van der Waals surface area contributed by atoms with Crippen LogP contribution in [0.2, 0.25) is 0 Å². The summed E-state index contributed by atoms with van der Waals surface area (Å²) < 4.78 is 23.1. The molecule has 0 saturated heterocycles. The second kappa shape index (κ2) is 22.7. The van der Waals surface area contributed by atoms with Gasteiger partial charge in [-0.25, -0.2) is 0 Å². The van der Waals surface area contributed by atoms with Crippen LogP contribution in [0, 0.1) is 13.8 Å². The van der Waals surface area contributed by atoms with Crippen LogP contribution in [-0.4, -0.2) is 0 Å². The van der Waals surface area contributed by atoms with Crippen molar-refractivity contribution in [2.24, 2.45) is 0 Å². The minimum Gasteiger partial charge on any atom is -0.455 e. The molecular formula is C86H53Br3O3. The highest BCUT2D eigenvalue weighted by Gasteiger charge is 2.24. The van der Waals surface area contributed by atoms with Crippen LogP contribution in [0.25, 0.3) is 175 Å². The minimum absolute atomic E-state index is 0.936. The van der Waals surface area contributed by atoms with E-state index >= 15 is 0 Å². The third kappa shape index (κ3) is 9.50. The predicted octanol–water partition coefficient (Wildman–Crippen LogP) is 27.2. The van der Waals surface area contributed by atoms with Crippen LogP contribution in [0.15, 0.2) is 312 Å². The lowest BCUT2D eigenvalue weighted by Crippen LogP contribution is -1.88. The van der Waals surface area contributed by atoms with Gasteiger partial charge < -0.3 is 13.3 Å². The van der Waals surface area contributed by atoms with Crippen molar-refractivity contribution in [1.29, 1.82) is 0 Å². The minimum atomic E-state index is 0.936. The van der Waals surface area contributed by atoms with Gasteiger partial charge in [0, 0.05) is 78.6 Å². The standard InChI is InChI=1S/C32H19BrO.C28H19BrO.C26H15BrO/c33-23-17-14-22(15-18-23)29-26-13-7-6-12-25(26)28(21-9-2-1-3-10-21)30-27-19-16-20-8-4-5-11-24(20)31(27)34-32(29)30;1-16-12-26(29)17(2)11-24(16)21-7-9-22-20(13-21)8-10-23-25-14-18-5-3-4-6-19(18)15-27(25)30-28(22)23;27-19-12-9-17(10-13-19)24-20-7-3-2-6-18(20)15-23-22-14-11-16-5-1-4-8-21(16)25(22)28-26(23)24/h1-19H;3-15H,1-2H3;1-15H. The molecule has 92 heavy (non-hydrogen) atoms. The Labute approximate surface area is 555 Å². The van der Waals surface area contributed by atoms with E-state index < -0.39 is 0 Å². The molecule has 0 aliphatic rings. The molecule has 436 valence electrons. The molecule has 0 unspecified atom stereocenters. The molecule has 3 aromatic heterocycles. The van der Waals surface area contributed by atoms with Gasteiger partial charge in [-0.2, -0.15) is 0 Å². The molecule has 0 aliphatic heterocycles. The molecule has 3 heterocycles. The Morgan fingerprint density at radius 3 is 1.34 bits per heavy atom. The van der Waals surface area contributed by atoms with Gasteiger partial charge in [0.15, 0.2) is 0 Å². The van der Waals surface area contributed by atoms with Crippen molar-refractivity contribution >= 4 is 178 Å². The van der Waals surface area contributed by atoms with Crippen LogP contribution in [0.1, 0.15) is 11.1 Å². The topological polar surface area (TPSA) is 39.4 Å². The first-order valence-corrected chi connectivity index (χ1v) is 33.2. The van der Waals surface area contributed by atoms with Crippen molar-refractivity contribution in [1.82, 2.24) is 0 Å².